The van der Waals surface area contributed by atoms with E-state index >= 15 is 0 Å². The third kappa shape index (κ3) is 3.51. The van der Waals surface area contributed by atoms with Crippen molar-refractivity contribution in [2.24, 2.45) is 5.73 Å². The van der Waals surface area contributed by atoms with Gasteiger partial charge >= 0.3 is 0 Å². The SMILES string of the molecule is CCc1ccc2[nH]c(-c3cccc(Br)c3)c(CCCCN)c2c1. The van der Waals surface area contributed by atoms with Crippen molar-refractivity contribution in [2.45, 2.75) is 32.6 Å². The lowest BCUT2D eigenvalue weighted by Crippen LogP contribution is -1.99. The highest BCUT2D eigenvalue weighted by atomic mass is 79.9. The molecule has 0 aliphatic rings. The van der Waals surface area contributed by atoms with E-state index in [1.165, 1.54) is 33.3 Å². The van der Waals surface area contributed by atoms with Gasteiger partial charge in [-0.1, -0.05) is 41.1 Å². The zero-order valence-electron chi connectivity index (χ0n) is 13.5. The second kappa shape index (κ2) is 7.33. The van der Waals surface area contributed by atoms with Gasteiger partial charge in [0.15, 0.2) is 0 Å². The molecule has 1 aromatic heterocycles. The third-order valence-corrected chi connectivity index (χ3v) is 4.87. The largest absolute Gasteiger partial charge is 0.354 e. The van der Waals surface area contributed by atoms with Crippen LogP contribution in [0.3, 0.4) is 0 Å². The van der Waals surface area contributed by atoms with Crippen LogP contribution in [0.2, 0.25) is 0 Å². The predicted octanol–water partition coefficient (Wildman–Crippen LogP) is 5.44. The molecule has 0 fully saturated rings. The van der Waals surface area contributed by atoms with Crippen LogP contribution in [-0.2, 0) is 12.8 Å². The van der Waals surface area contributed by atoms with Gasteiger partial charge in [0.1, 0.15) is 0 Å². The molecule has 0 radical (unpaired) electrons. The zero-order valence-corrected chi connectivity index (χ0v) is 15.1. The lowest BCUT2D eigenvalue weighted by Gasteiger charge is -2.06. The first kappa shape index (κ1) is 16.3. The molecule has 2 nitrogen and oxygen atoms in total. The van der Waals surface area contributed by atoms with Crippen molar-refractivity contribution in [2.75, 3.05) is 6.54 Å². The minimum atomic E-state index is 0.759. The Labute approximate surface area is 146 Å². The molecule has 0 unspecified atom stereocenters. The Morgan fingerprint density at radius 3 is 2.70 bits per heavy atom. The molecule has 1 heterocycles. The van der Waals surface area contributed by atoms with Gasteiger partial charge in [0.25, 0.3) is 0 Å². The van der Waals surface area contributed by atoms with Gasteiger partial charge in [0.05, 0.1) is 0 Å². The summed E-state index contributed by atoms with van der Waals surface area (Å²) in [6.45, 7) is 2.96. The number of aryl methyl sites for hydroxylation is 2. The van der Waals surface area contributed by atoms with E-state index in [1.807, 2.05) is 0 Å². The minimum absolute atomic E-state index is 0.759. The molecule has 0 spiro atoms. The van der Waals surface area contributed by atoms with Crippen molar-refractivity contribution in [3.05, 3.63) is 58.1 Å². The molecular weight excluding hydrogens is 348 g/mol. The molecule has 0 aliphatic carbocycles. The average molecular weight is 371 g/mol. The Morgan fingerprint density at radius 2 is 1.96 bits per heavy atom. The smallest absolute Gasteiger partial charge is 0.0497 e. The van der Waals surface area contributed by atoms with Crippen LogP contribution in [0, 0.1) is 0 Å². The first-order valence-electron chi connectivity index (χ1n) is 8.32. The number of aromatic nitrogens is 1. The summed E-state index contributed by atoms with van der Waals surface area (Å²) in [6, 6.07) is 15.3. The number of nitrogens with one attached hydrogen (secondary N) is 1. The number of aromatic amines is 1. The van der Waals surface area contributed by atoms with Crippen molar-refractivity contribution < 1.29 is 0 Å². The Balaban J connectivity index is 2.13. The topological polar surface area (TPSA) is 41.8 Å². The molecular formula is C20H23BrN2. The molecule has 0 amide bonds. The van der Waals surface area contributed by atoms with E-state index in [0.717, 1.165) is 36.7 Å². The summed E-state index contributed by atoms with van der Waals surface area (Å²) in [7, 11) is 0. The van der Waals surface area contributed by atoms with Crippen LogP contribution >= 0.6 is 15.9 Å². The van der Waals surface area contributed by atoms with Crippen molar-refractivity contribution in [1.29, 1.82) is 0 Å². The number of nitrogens with two attached hydrogens (primary N) is 1. The Kier molecular flexibility index (Phi) is 5.19. The number of hydrogen-bond donors (Lipinski definition) is 2. The number of rotatable bonds is 6. The fraction of sp³-hybridized carbons (Fsp3) is 0.300. The molecule has 2 aromatic carbocycles. The van der Waals surface area contributed by atoms with Gasteiger partial charge in [-0.05, 0) is 73.2 Å². The molecule has 0 saturated carbocycles. The Hall–Kier alpha value is -1.58. The van der Waals surface area contributed by atoms with Crippen LogP contribution in [0.5, 0.6) is 0 Å². The fourth-order valence-corrected chi connectivity index (χ4v) is 3.51. The first-order valence-corrected chi connectivity index (χ1v) is 9.11. The normalized spacial score (nSPS) is 11.3. The van der Waals surface area contributed by atoms with Crippen molar-refractivity contribution in [1.82, 2.24) is 4.98 Å². The van der Waals surface area contributed by atoms with Crippen molar-refractivity contribution in [3.63, 3.8) is 0 Å². The van der Waals surface area contributed by atoms with Gasteiger partial charge in [-0.3, -0.25) is 0 Å². The maximum atomic E-state index is 5.68. The van der Waals surface area contributed by atoms with Gasteiger partial charge in [-0.15, -0.1) is 0 Å². The van der Waals surface area contributed by atoms with Crippen LogP contribution in [0.1, 0.15) is 30.9 Å². The van der Waals surface area contributed by atoms with E-state index in [0.29, 0.717) is 0 Å². The van der Waals surface area contributed by atoms with Gasteiger partial charge in [-0.2, -0.15) is 0 Å². The molecule has 0 aliphatic heterocycles. The number of H-pyrrole nitrogens is 1. The Morgan fingerprint density at radius 1 is 1.09 bits per heavy atom. The number of fused-ring (bicyclic) bond motifs is 1. The highest BCUT2D eigenvalue weighted by Gasteiger charge is 2.13. The second-order valence-corrected chi connectivity index (χ2v) is 6.88. The van der Waals surface area contributed by atoms with Crippen LogP contribution in [0.15, 0.2) is 46.9 Å². The molecule has 3 N–H and O–H groups in total. The van der Waals surface area contributed by atoms with E-state index in [1.54, 1.807) is 0 Å². The molecule has 3 heteroatoms. The predicted molar refractivity (Wildman–Crippen MR) is 103 cm³/mol. The van der Waals surface area contributed by atoms with Gasteiger partial charge in [0.2, 0.25) is 0 Å². The summed E-state index contributed by atoms with van der Waals surface area (Å²) in [6.07, 6.45) is 4.32. The van der Waals surface area contributed by atoms with Gasteiger partial charge < -0.3 is 10.7 Å². The summed E-state index contributed by atoms with van der Waals surface area (Å²) >= 11 is 3.58. The summed E-state index contributed by atoms with van der Waals surface area (Å²) in [5.74, 6) is 0. The van der Waals surface area contributed by atoms with E-state index in [2.05, 4.69) is 70.3 Å². The molecule has 0 bridgehead atoms. The van der Waals surface area contributed by atoms with E-state index < -0.39 is 0 Å². The summed E-state index contributed by atoms with van der Waals surface area (Å²) in [5, 5.41) is 1.36. The highest BCUT2D eigenvalue weighted by Crippen LogP contribution is 2.33. The van der Waals surface area contributed by atoms with Crippen LogP contribution < -0.4 is 5.73 Å². The van der Waals surface area contributed by atoms with Crippen LogP contribution in [0.4, 0.5) is 0 Å². The lowest BCUT2D eigenvalue weighted by atomic mass is 9.99. The third-order valence-electron chi connectivity index (χ3n) is 4.37. The summed E-state index contributed by atoms with van der Waals surface area (Å²) < 4.78 is 1.11. The molecule has 120 valence electrons. The maximum Gasteiger partial charge on any atom is 0.0497 e. The molecule has 23 heavy (non-hydrogen) atoms. The van der Waals surface area contributed by atoms with Crippen molar-refractivity contribution in [3.8, 4) is 11.3 Å². The molecule has 3 aromatic rings. The number of halogens is 1. The van der Waals surface area contributed by atoms with Crippen molar-refractivity contribution >= 4 is 26.8 Å². The number of unbranched alkanes of at least 4 members (excludes halogenated alkanes) is 1. The standard InChI is InChI=1S/C20H23BrN2/c1-2-14-9-10-19-18(12-14)17(8-3-4-11-22)20(23-19)15-6-5-7-16(21)13-15/h5-7,9-10,12-13,23H,2-4,8,11,22H2,1H3. The monoisotopic (exact) mass is 370 g/mol. The minimum Gasteiger partial charge on any atom is -0.354 e. The fourth-order valence-electron chi connectivity index (χ4n) is 3.11. The van der Waals surface area contributed by atoms with Gasteiger partial charge in [-0.25, -0.2) is 0 Å². The average Bonchev–Trinajstić information content (AvgIpc) is 2.93. The second-order valence-electron chi connectivity index (χ2n) is 5.97. The number of hydrogen-bond acceptors (Lipinski definition) is 1. The molecule has 0 atom stereocenters. The maximum absolute atomic E-state index is 5.68. The molecule has 0 saturated heterocycles. The van der Waals surface area contributed by atoms with Crippen LogP contribution in [0.25, 0.3) is 22.2 Å². The van der Waals surface area contributed by atoms with E-state index in [-0.39, 0.29) is 0 Å². The quantitative estimate of drug-likeness (QED) is 0.557. The van der Waals surface area contributed by atoms with E-state index in [9.17, 15) is 0 Å². The summed E-state index contributed by atoms with van der Waals surface area (Å²) in [4.78, 5) is 3.63. The van der Waals surface area contributed by atoms with E-state index in [4.69, 9.17) is 5.73 Å². The Bertz CT molecular complexity index is 805. The van der Waals surface area contributed by atoms with Gasteiger partial charge in [0, 0.05) is 21.1 Å². The highest BCUT2D eigenvalue weighted by molar-refractivity contribution is 9.10. The molecule has 3 rings (SSSR count). The number of benzene rings is 2. The first-order chi connectivity index (χ1) is 11.2. The lowest BCUT2D eigenvalue weighted by molar-refractivity contribution is 0.748. The zero-order chi connectivity index (χ0) is 16.2. The van der Waals surface area contributed by atoms with Crippen LogP contribution in [-0.4, -0.2) is 11.5 Å². The summed E-state index contributed by atoms with van der Waals surface area (Å²) in [5.41, 5.74) is 12.2.